The van der Waals surface area contributed by atoms with Crippen molar-refractivity contribution < 1.29 is 28.5 Å². The van der Waals surface area contributed by atoms with E-state index in [2.05, 4.69) is 13.8 Å². The highest BCUT2D eigenvalue weighted by Crippen LogP contribution is 2.23. The van der Waals surface area contributed by atoms with Crippen LogP contribution in [0.15, 0.2) is 48.5 Å². The van der Waals surface area contributed by atoms with E-state index >= 15 is 0 Å². The molecule has 0 saturated heterocycles. The summed E-state index contributed by atoms with van der Waals surface area (Å²) in [6, 6.07) is 14.0. The molecule has 0 bridgehead atoms. The number of nitrogen functional groups attached to an aromatic ring is 1. The van der Waals surface area contributed by atoms with E-state index in [9.17, 15) is 9.59 Å². The van der Waals surface area contributed by atoms with Crippen LogP contribution in [0.2, 0.25) is 0 Å². The smallest absolute Gasteiger partial charge is 0.338 e. The largest absolute Gasteiger partial charge is 0.461 e. The Bertz CT molecular complexity index is 928. The van der Waals surface area contributed by atoms with E-state index in [1.54, 1.807) is 36.4 Å². The van der Waals surface area contributed by atoms with Crippen molar-refractivity contribution in [2.75, 3.05) is 45.4 Å². The van der Waals surface area contributed by atoms with E-state index < -0.39 is 0 Å². The number of anilines is 1. The summed E-state index contributed by atoms with van der Waals surface area (Å²) in [5.74, 6) is -0.711. The Labute approximate surface area is 221 Å². The molecule has 0 aliphatic heterocycles. The summed E-state index contributed by atoms with van der Waals surface area (Å²) in [6.45, 7) is 16.5. The summed E-state index contributed by atoms with van der Waals surface area (Å²) in [6.07, 6.45) is 0. The molecular formula is C30H43NO6. The zero-order valence-corrected chi connectivity index (χ0v) is 23.4. The molecule has 0 unspecified atom stereocenters. The van der Waals surface area contributed by atoms with Gasteiger partial charge < -0.3 is 24.7 Å². The van der Waals surface area contributed by atoms with Gasteiger partial charge in [-0.25, -0.2) is 9.59 Å². The average molecular weight is 514 g/mol. The maximum Gasteiger partial charge on any atom is 0.338 e. The fourth-order valence-electron chi connectivity index (χ4n) is 3.33. The molecule has 0 spiro atoms. The van der Waals surface area contributed by atoms with Gasteiger partial charge in [-0.05, 0) is 43.3 Å². The predicted molar refractivity (Wildman–Crippen MR) is 146 cm³/mol. The highest BCUT2D eigenvalue weighted by atomic mass is 16.5. The summed E-state index contributed by atoms with van der Waals surface area (Å²) in [5, 5.41) is 0. The van der Waals surface area contributed by atoms with Gasteiger partial charge in [0.15, 0.2) is 0 Å². The van der Waals surface area contributed by atoms with Crippen molar-refractivity contribution in [1.29, 1.82) is 0 Å². The van der Waals surface area contributed by atoms with Crippen LogP contribution in [-0.4, -0.2) is 51.6 Å². The summed E-state index contributed by atoms with van der Waals surface area (Å²) >= 11 is 0. The first kappa shape index (κ1) is 30.3. The van der Waals surface area contributed by atoms with Crippen LogP contribution < -0.4 is 5.73 Å². The second-order valence-electron chi connectivity index (χ2n) is 12.1. The summed E-state index contributed by atoms with van der Waals surface area (Å²) in [4.78, 5) is 24.5. The number of benzene rings is 2. The summed E-state index contributed by atoms with van der Waals surface area (Å²) < 4.78 is 22.9. The van der Waals surface area contributed by atoms with Crippen molar-refractivity contribution >= 4 is 17.6 Å². The molecule has 0 heterocycles. The van der Waals surface area contributed by atoms with Crippen LogP contribution in [-0.2, 0) is 18.9 Å². The summed E-state index contributed by atoms with van der Waals surface area (Å²) in [5.41, 5.74) is 7.49. The van der Waals surface area contributed by atoms with Crippen molar-refractivity contribution in [3.63, 3.8) is 0 Å². The highest BCUT2D eigenvalue weighted by molar-refractivity contribution is 5.90. The Morgan fingerprint density at radius 1 is 0.595 bits per heavy atom. The number of rotatable bonds is 14. The van der Waals surface area contributed by atoms with Crippen LogP contribution in [0, 0.1) is 23.2 Å². The lowest BCUT2D eigenvalue weighted by Crippen LogP contribution is -2.33. The van der Waals surface area contributed by atoms with Crippen LogP contribution in [0.5, 0.6) is 0 Å². The number of nitrogens with two attached hydrogens (primary N) is 1. The van der Waals surface area contributed by atoms with Crippen LogP contribution in [0.1, 0.15) is 67.8 Å². The molecule has 7 nitrogen and oxygen atoms in total. The van der Waals surface area contributed by atoms with E-state index in [-0.39, 0.29) is 41.4 Å². The Balaban J connectivity index is 1.68. The van der Waals surface area contributed by atoms with Gasteiger partial charge in [-0.1, -0.05) is 59.2 Å². The average Bonchev–Trinajstić information content (AvgIpc) is 2.81. The van der Waals surface area contributed by atoms with E-state index in [4.69, 9.17) is 24.7 Å². The van der Waals surface area contributed by atoms with Crippen molar-refractivity contribution in [1.82, 2.24) is 0 Å². The lowest BCUT2D eigenvalue weighted by Gasteiger charge is -2.30. The SMILES string of the molecule is Cc1ccc(C(=O)OCC(C)(C)COCC(C)(C)COCC(C)(C)COC(=O)c2ccc(N)cc2)cc1. The first-order valence-corrected chi connectivity index (χ1v) is 12.6. The topological polar surface area (TPSA) is 97.1 Å². The van der Waals surface area contributed by atoms with Crippen LogP contribution in [0.25, 0.3) is 0 Å². The third kappa shape index (κ3) is 11.4. The van der Waals surface area contributed by atoms with Crippen LogP contribution >= 0.6 is 0 Å². The van der Waals surface area contributed by atoms with Crippen molar-refractivity contribution in [3.05, 3.63) is 65.2 Å². The minimum Gasteiger partial charge on any atom is -0.461 e. The van der Waals surface area contributed by atoms with Gasteiger partial charge in [-0.15, -0.1) is 0 Å². The number of hydrogen-bond donors (Lipinski definition) is 1. The van der Waals surface area contributed by atoms with Crippen molar-refractivity contribution in [2.24, 2.45) is 16.2 Å². The van der Waals surface area contributed by atoms with E-state index in [0.29, 0.717) is 43.2 Å². The van der Waals surface area contributed by atoms with Gasteiger partial charge in [0, 0.05) is 21.9 Å². The van der Waals surface area contributed by atoms with Gasteiger partial charge in [-0.3, -0.25) is 0 Å². The molecule has 0 aliphatic carbocycles. The molecule has 2 rings (SSSR count). The molecule has 0 radical (unpaired) electrons. The minimum absolute atomic E-state index is 0.217. The fourth-order valence-corrected chi connectivity index (χ4v) is 3.33. The molecule has 7 heteroatoms. The number of ether oxygens (including phenoxy) is 4. The third-order valence-electron chi connectivity index (χ3n) is 5.59. The second kappa shape index (κ2) is 13.1. The number of aryl methyl sites for hydroxylation is 1. The number of carbonyl (C=O) groups excluding carboxylic acids is 2. The van der Waals surface area contributed by atoms with Gasteiger partial charge in [-0.2, -0.15) is 0 Å². The van der Waals surface area contributed by atoms with Crippen molar-refractivity contribution in [3.8, 4) is 0 Å². The van der Waals surface area contributed by atoms with E-state index in [1.165, 1.54) is 0 Å². The molecule has 2 aromatic rings. The molecule has 0 aliphatic rings. The molecule has 2 N–H and O–H groups in total. The Kier molecular flexibility index (Phi) is 10.7. The Morgan fingerprint density at radius 2 is 0.919 bits per heavy atom. The van der Waals surface area contributed by atoms with Crippen molar-refractivity contribution in [2.45, 2.75) is 48.5 Å². The first-order chi connectivity index (χ1) is 17.2. The third-order valence-corrected chi connectivity index (χ3v) is 5.59. The highest BCUT2D eigenvalue weighted by Gasteiger charge is 2.27. The molecular weight excluding hydrogens is 470 g/mol. The Morgan fingerprint density at radius 3 is 1.30 bits per heavy atom. The van der Waals surface area contributed by atoms with Gasteiger partial charge in [0.25, 0.3) is 0 Å². The van der Waals surface area contributed by atoms with E-state index in [0.717, 1.165) is 5.56 Å². The van der Waals surface area contributed by atoms with Crippen LogP contribution in [0.4, 0.5) is 5.69 Å². The molecule has 204 valence electrons. The van der Waals surface area contributed by atoms with Crippen LogP contribution in [0.3, 0.4) is 0 Å². The predicted octanol–water partition coefficient (Wildman–Crippen LogP) is 5.70. The monoisotopic (exact) mass is 513 g/mol. The normalized spacial score (nSPS) is 12.3. The lowest BCUT2D eigenvalue weighted by molar-refractivity contribution is -0.0564. The van der Waals surface area contributed by atoms with E-state index in [1.807, 2.05) is 46.8 Å². The molecule has 0 atom stereocenters. The molecule has 0 fully saturated rings. The fraction of sp³-hybridized carbons (Fsp3) is 0.533. The molecule has 37 heavy (non-hydrogen) atoms. The van der Waals surface area contributed by atoms with Gasteiger partial charge in [0.05, 0.1) is 50.8 Å². The molecule has 2 aromatic carbocycles. The number of carbonyl (C=O) groups is 2. The van der Waals surface area contributed by atoms with Gasteiger partial charge in [0.1, 0.15) is 0 Å². The summed E-state index contributed by atoms with van der Waals surface area (Å²) in [7, 11) is 0. The minimum atomic E-state index is -0.381. The standard InChI is InChI=1S/C30H43NO6/c1-22-8-10-23(11-9-22)26(32)36-20-29(4,5)18-34-16-28(2,3)17-35-19-30(6,7)21-37-27(33)24-12-14-25(31)15-13-24/h8-15H,16-21,31H2,1-7H3. The zero-order valence-electron chi connectivity index (χ0n) is 23.4. The second-order valence-corrected chi connectivity index (χ2v) is 12.1. The van der Waals surface area contributed by atoms with Gasteiger partial charge >= 0.3 is 11.9 Å². The maximum absolute atomic E-state index is 12.3. The molecule has 0 saturated carbocycles. The number of esters is 2. The maximum atomic E-state index is 12.3. The first-order valence-electron chi connectivity index (χ1n) is 12.6. The molecule has 0 aromatic heterocycles. The van der Waals surface area contributed by atoms with Gasteiger partial charge in [0.2, 0.25) is 0 Å². The number of hydrogen-bond acceptors (Lipinski definition) is 7. The molecule has 0 amide bonds. The quantitative estimate of drug-likeness (QED) is 0.255. The lowest BCUT2D eigenvalue weighted by atomic mass is 9.93. The zero-order chi connectivity index (χ0) is 27.7. The Hall–Kier alpha value is -2.90.